The molecule has 1 heterocycles. The first-order valence-corrected chi connectivity index (χ1v) is 5.62. The predicted octanol–water partition coefficient (Wildman–Crippen LogP) is 1.56. The number of carbonyl (C=O) groups excluding carboxylic acids is 1. The van der Waals surface area contributed by atoms with Crippen LogP contribution in [0, 0.1) is 6.92 Å². The second-order valence-corrected chi connectivity index (χ2v) is 4.64. The van der Waals surface area contributed by atoms with Crippen LogP contribution in [0.1, 0.15) is 33.2 Å². The van der Waals surface area contributed by atoms with Crippen molar-refractivity contribution >= 4 is 17.3 Å². The molecule has 4 nitrogen and oxygen atoms in total. The molecule has 1 aromatic rings. The van der Waals surface area contributed by atoms with Crippen molar-refractivity contribution < 1.29 is 9.53 Å². The van der Waals surface area contributed by atoms with Crippen LogP contribution < -0.4 is 5.32 Å². The highest BCUT2D eigenvalue weighted by Gasteiger charge is 2.18. The summed E-state index contributed by atoms with van der Waals surface area (Å²) in [4.78, 5) is 16.6. The van der Waals surface area contributed by atoms with Gasteiger partial charge in [-0.25, -0.2) is 9.78 Å². The minimum atomic E-state index is -0.355. The van der Waals surface area contributed by atoms with Crippen LogP contribution in [0.4, 0.5) is 0 Å². The number of rotatable bonds is 4. The fourth-order valence-electron chi connectivity index (χ4n) is 1.31. The van der Waals surface area contributed by atoms with Crippen molar-refractivity contribution in [2.24, 2.45) is 0 Å². The maximum atomic E-state index is 11.3. The maximum Gasteiger partial charge on any atom is 0.357 e. The highest BCUT2D eigenvalue weighted by molar-refractivity contribution is 7.12. The van der Waals surface area contributed by atoms with E-state index in [2.05, 4.69) is 22.0 Å². The van der Waals surface area contributed by atoms with Crippen molar-refractivity contribution in [1.82, 2.24) is 10.3 Å². The van der Waals surface area contributed by atoms with Gasteiger partial charge in [-0.2, -0.15) is 0 Å². The molecule has 1 atom stereocenters. The lowest BCUT2D eigenvalue weighted by atomic mass is 10.2. The van der Waals surface area contributed by atoms with Gasteiger partial charge in [0.2, 0.25) is 0 Å². The minimum absolute atomic E-state index is 0.317. The molecule has 0 spiro atoms. The summed E-state index contributed by atoms with van der Waals surface area (Å²) in [6.45, 7) is 4.82. The molecule has 0 aliphatic heterocycles. The Balaban J connectivity index is 2.90. The van der Waals surface area contributed by atoms with E-state index in [9.17, 15) is 4.79 Å². The standard InChI is InChI=1S/C10H16N2O2S/c1-6(5-11-3)9-12-8(7(2)15-9)10(13)14-4/h6,11H,5H2,1-4H3. The molecule has 15 heavy (non-hydrogen) atoms. The van der Waals surface area contributed by atoms with Crippen molar-refractivity contribution in [3.63, 3.8) is 0 Å². The molecule has 0 radical (unpaired) electrons. The summed E-state index contributed by atoms with van der Waals surface area (Å²) < 4.78 is 4.66. The van der Waals surface area contributed by atoms with E-state index in [0.29, 0.717) is 11.6 Å². The number of thiazole rings is 1. The number of aryl methyl sites for hydroxylation is 1. The van der Waals surface area contributed by atoms with Gasteiger partial charge in [-0.05, 0) is 14.0 Å². The second kappa shape index (κ2) is 5.23. The summed E-state index contributed by atoms with van der Waals surface area (Å²) in [5, 5.41) is 4.06. The van der Waals surface area contributed by atoms with Gasteiger partial charge in [0.1, 0.15) is 0 Å². The van der Waals surface area contributed by atoms with Gasteiger partial charge in [0, 0.05) is 17.3 Å². The lowest BCUT2D eigenvalue weighted by Crippen LogP contribution is -2.14. The quantitative estimate of drug-likeness (QED) is 0.795. The first-order valence-electron chi connectivity index (χ1n) is 4.80. The van der Waals surface area contributed by atoms with Crippen LogP contribution in [-0.4, -0.2) is 31.7 Å². The number of likely N-dealkylation sites (N-methyl/N-ethyl adjacent to an activating group) is 1. The van der Waals surface area contributed by atoms with E-state index >= 15 is 0 Å². The van der Waals surface area contributed by atoms with Crippen molar-refractivity contribution in [2.45, 2.75) is 19.8 Å². The van der Waals surface area contributed by atoms with Crippen molar-refractivity contribution in [1.29, 1.82) is 0 Å². The number of ether oxygens (including phenoxy) is 1. The van der Waals surface area contributed by atoms with Crippen molar-refractivity contribution in [3.8, 4) is 0 Å². The Morgan fingerprint density at radius 1 is 1.67 bits per heavy atom. The van der Waals surface area contributed by atoms with E-state index in [1.54, 1.807) is 11.3 Å². The van der Waals surface area contributed by atoms with Crippen LogP contribution >= 0.6 is 11.3 Å². The molecule has 0 bridgehead atoms. The highest BCUT2D eigenvalue weighted by Crippen LogP contribution is 2.24. The number of hydrogen-bond acceptors (Lipinski definition) is 5. The number of nitrogens with zero attached hydrogens (tertiary/aromatic N) is 1. The molecule has 84 valence electrons. The summed E-state index contributed by atoms with van der Waals surface area (Å²) in [6, 6.07) is 0. The number of hydrogen-bond donors (Lipinski definition) is 1. The average molecular weight is 228 g/mol. The third-order valence-corrected chi connectivity index (χ3v) is 3.33. The zero-order chi connectivity index (χ0) is 11.4. The summed E-state index contributed by atoms with van der Waals surface area (Å²) in [7, 11) is 3.27. The van der Waals surface area contributed by atoms with Gasteiger partial charge >= 0.3 is 5.97 Å². The first kappa shape index (κ1) is 12.1. The molecule has 0 saturated carbocycles. The number of carbonyl (C=O) groups is 1. The molecule has 1 N–H and O–H groups in total. The third-order valence-electron chi connectivity index (χ3n) is 2.12. The fourth-order valence-corrected chi connectivity index (χ4v) is 2.27. The van der Waals surface area contributed by atoms with Crippen molar-refractivity contribution in [3.05, 3.63) is 15.6 Å². The van der Waals surface area contributed by atoms with Gasteiger partial charge in [-0.1, -0.05) is 6.92 Å². The van der Waals surface area contributed by atoms with Crippen LogP contribution in [0.15, 0.2) is 0 Å². The normalized spacial score (nSPS) is 12.5. The number of nitrogens with one attached hydrogen (secondary N) is 1. The molecule has 0 aliphatic carbocycles. The zero-order valence-electron chi connectivity index (χ0n) is 9.46. The van der Waals surface area contributed by atoms with Crippen molar-refractivity contribution in [2.75, 3.05) is 20.7 Å². The fraction of sp³-hybridized carbons (Fsp3) is 0.600. The second-order valence-electron chi connectivity index (χ2n) is 3.41. The molecule has 1 unspecified atom stereocenters. The van der Waals surface area contributed by atoms with E-state index in [1.807, 2.05) is 14.0 Å². The topological polar surface area (TPSA) is 51.2 Å². The number of methoxy groups -OCH3 is 1. The van der Waals surface area contributed by atoms with Crippen LogP contribution in [0.25, 0.3) is 0 Å². The maximum absolute atomic E-state index is 11.3. The average Bonchev–Trinajstić information content (AvgIpc) is 2.60. The Bertz CT molecular complexity index is 349. The summed E-state index contributed by atoms with van der Waals surface area (Å²) >= 11 is 1.55. The predicted molar refractivity (Wildman–Crippen MR) is 60.5 cm³/mol. The summed E-state index contributed by atoms with van der Waals surface area (Å²) in [6.07, 6.45) is 0. The van der Waals surface area contributed by atoms with Gasteiger partial charge in [0.15, 0.2) is 5.69 Å². The van der Waals surface area contributed by atoms with E-state index < -0.39 is 0 Å². The van der Waals surface area contributed by atoms with Gasteiger partial charge in [0.05, 0.1) is 12.1 Å². The largest absolute Gasteiger partial charge is 0.464 e. The molecular weight excluding hydrogens is 212 g/mol. The molecule has 5 heteroatoms. The van der Waals surface area contributed by atoms with E-state index in [1.165, 1.54) is 7.11 Å². The molecule has 0 aromatic carbocycles. The van der Waals surface area contributed by atoms with E-state index in [4.69, 9.17) is 0 Å². The van der Waals surface area contributed by atoms with Crippen LogP contribution in [-0.2, 0) is 4.74 Å². The van der Waals surface area contributed by atoms with Crippen LogP contribution in [0.5, 0.6) is 0 Å². The Kier molecular flexibility index (Phi) is 4.23. The minimum Gasteiger partial charge on any atom is -0.464 e. The Labute approximate surface area is 93.7 Å². The van der Waals surface area contributed by atoms with Crippen LogP contribution in [0.3, 0.4) is 0 Å². The number of aromatic nitrogens is 1. The SMILES string of the molecule is CNCC(C)c1nc(C(=O)OC)c(C)s1. The summed E-state index contributed by atoms with van der Waals surface area (Å²) in [5.74, 6) is -0.0382. The number of esters is 1. The Hall–Kier alpha value is -0.940. The van der Waals surface area contributed by atoms with Gasteiger partial charge < -0.3 is 10.1 Å². The van der Waals surface area contributed by atoms with Gasteiger partial charge in [0.25, 0.3) is 0 Å². The van der Waals surface area contributed by atoms with Crippen LogP contribution in [0.2, 0.25) is 0 Å². The lowest BCUT2D eigenvalue weighted by Gasteiger charge is -2.05. The zero-order valence-corrected chi connectivity index (χ0v) is 10.3. The van der Waals surface area contributed by atoms with Gasteiger partial charge in [-0.15, -0.1) is 11.3 Å². The molecule has 0 aliphatic rings. The smallest absolute Gasteiger partial charge is 0.357 e. The summed E-state index contributed by atoms with van der Waals surface area (Å²) in [5.41, 5.74) is 0.445. The Morgan fingerprint density at radius 3 is 2.87 bits per heavy atom. The van der Waals surface area contributed by atoms with Gasteiger partial charge in [-0.3, -0.25) is 0 Å². The van der Waals surface area contributed by atoms with E-state index in [-0.39, 0.29) is 5.97 Å². The molecule has 0 saturated heterocycles. The lowest BCUT2D eigenvalue weighted by molar-refractivity contribution is 0.0594. The molecule has 1 rings (SSSR count). The first-order chi connectivity index (χ1) is 7.10. The van der Waals surface area contributed by atoms with E-state index in [0.717, 1.165) is 16.4 Å². The highest BCUT2D eigenvalue weighted by atomic mass is 32.1. The molecule has 1 aromatic heterocycles. The Morgan fingerprint density at radius 2 is 2.33 bits per heavy atom. The molecule has 0 amide bonds. The molecule has 0 fully saturated rings. The molecular formula is C10H16N2O2S. The monoisotopic (exact) mass is 228 g/mol. The third kappa shape index (κ3) is 2.76.